The van der Waals surface area contributed by atoms with Gasteiger partial charge in [-0.25, -0.2) is 0 Å². The average Bonchev–Trinajstić information content (AvgIpc) is 3.21. The van der Waals surface area contributed by atoms with Gasteiger partial charge >= 0.3 is 0 Å². The van der Waals surface area contributed by atoms with Crippen LogP contribution < -0.4 is 0 Å². The smallest absolute Gasteiger partial charge is 0.129 e. The van der Waals surface area contributed by atoms with Gasteiger partial charge in [0.05, 0.1) is 0 Å². The fourth-order valence-electron chi connectivity index (χ4n) is 4.38. The summed E-state index contributed by atoms with van der Waals surface area (Å²) in [5.41, 5.74) is 6.56. The minimum absolute atomic E-state index is 0.281. The summed E-state index contributed by atoms with van der Waals surface area (Å²) in [5.74, 6) is 1.21. The second-order valence-corrected chi connectivity index (χ2v) is 8.20. The van der Waals surface area contributed by atoms with E-state index in [1.807, 2.05) is 12.1 Å². The molecule has 2 heteroatoms. The molecule has 0 bridgehead atoms. The highest BCUT2D eigenvalue weighted by molar-refractivity contribution is 5.82. The fraction of sp³-hybridized carbons (Fsp3) is 0.423. The third-order valence-corrected chi connectivity index (χ3v) is 5.89. The molecule has 0 spiro atoms. The molecule has 2 aromatic carbocycles. The van der Waals surface area contributed by atoms with Crippen molar-refractivity contribution in [3.05, 3.63) is 70.8 Å². The first kappa shape index (κ1) is 20.4. The quantitative estimate of drug-likeness (QED) is 0.512. The molecule has 1 fully saturated rings. The summed E-state index contributed by atoms with van der Waals surface area (Å²) in [5, 5.41) is 9.77. The molecule has 0 unspecified atom stereocenters. The first-order valence-electron chi connectivity index (χ1n) is 10.6. The molecule has 0 amide bonds. The largest absolute Gasteiger partial charge is 0.508 e. The van der Waals surface area contributed by atoms with Gasteiger partial charge in [-0.2, -0.15) is 0 Å². The third kappa shape index (κ3) is 5.34. The molecule has 0 radical (unpaired) electrons. The lowest BCUT2D eigenvalue weighted by molar-refractivity contribution is -0.117. The van der Waals surface area contributed by atoms with Crippen LogP contribution >= 0.6 is 0 Å². The standard InChI is InChI=1S/C26H32O2/c1-19-11-13-22(14-12-19)26(23-15-17-24(28)18-16-23)25(21-8-4-5-9-21)10-6-3-7-20(2)27/h11-18,21,28H,3-10H2,1-2H3/b26-25+. The first-order valence-corrected chi connectivity index (χ1v) is 10.6. The summed E-state index contributed by atoms with van der Waals surface area (Å²) in [4.78, 5) is 11.3. The van der Waals surface area contributed by atoms with Gasteiger partial charge in [0.15, 0.2) is 0 Å². The molecule has 148 valence electrons. The van der Waals surface area contributed by atoms with E-state index in [0.29, 0.717) is 18.1 Å². The van der Waals surface area contributed by atoms with Crippen molar-refractivity contribution in [1.82, 2.24) is 0 Å². The lowest BCUT2D eigenvalue weighted by Crippen LogP contribution is -2.05. The number of aryl methyl sites for hydroxylation is 1. The van der Waals surface area contributed by atoms with Crippen LogP contribution in [0, 0.1) is 12.8 Å². The van der Waals surface area contributed by atoms with Crippen LogP contribution in [-0.4, -0.2) is 10.9 Å². The summed E-state index contributed by atoms with van der Waals surface area (Å²) < 4.78 is 0. The number of phenols is 1. The van der Waals surface area contributed by atoms with E-state index in [0.717, 1.165) is 19.3 Å². The maximum atomic E-state index is 11.3. The number of benzene rings is 2. The number of rotatable bonds is 8. The van der Waals surface area contributed by atoms with E-state index in [-0.39, 0.29) is 5.78 Å². The van der Waals surface area contributed by atoms with E-state index >= 15 is 0 Å². The van der Waals surface area contributed by atoms with Gasteiger partial charge in [-0.05, 0) is 80.7 Å². The SMILES string of the molecule is CC(=O)CCCC/C(=C(/c1ccc(C)cc1)c1ccc(O)cc1)C1CCCC1. The summed E-state index contributed by atoms with van der Waals surface area (Å²) in [7, 11) is 0. The Morgan fingerprint density at radius 1 is 0.893 bits per heavy atom. The molecule has 0 aliphatic heterocycles. The van der Waals surface area contributed by atoms with Gasteiger partial charge < -0.3 is 9.90 Å². The summed E-state index contributed by atoms with van der Waals surface area (Å²) in [6.45, 7) is 3.80. The van der Waals surface area contributed by atoms with Crippen molar-refractivity contribution in [2.45, 2.75) is 65.2 Å². The molecule has 1 saturated carbocycles. The van der Waals surface area contributed by atoms with E-state index in [1.165, 1.54) is 53.5 Å². The number of allylic oxidation sites excluding steroid dienone is 1. The zero-order valence-corrected chi connectivity index (χ0v) is 17.2. The molecule has 0 heterocycles. The number of aromatic hydroxyl groups is 1. The van der Waals surface area contributed by atoms with Gasteiger partial charge in [0.25, 0.3) is 0 Å². The van der Waals surface area contributed by atoms with Gasteiger partial charge in [0.2, 0.25) is 0 Å². The number of hydrogen-bond acceptors (Lipinski definition) is 2. The van der Waals surface area contributed by atoms with Crippen LogP contribution in [0.15, 0.2) is 54.1 Å². The monoisotopic (exact) mass is 376 g/mol. The molecule has 2 aromatic rings. The molecule has 1 aliphatic carbocycles. The highest BCUT2D eigenvalue weighted by Crippen LogP contribution is 2.40. The molecule has 3 rings (SSSR count). The minimum atomic E-state index is 0.281. The van der Waals surface area contributed by atoms with Crippen LogP contribution in [0.4, 0.5) is 0 Å². The van der Waals surface area contributed by atoms with Gasteiger partial charge in [-0.1, -0.05) is 60.4 Å². The lowest BCUT2D eigenvalue weighted by atomic mass is 9.83. The first-order chi connectivity index (χ1) is 13.5. The topological polar surface area (TPSA) is 37.3 Å². The number of ketones is 1. The van der Waals surface area contributed by atoms with Gasteiger partial charge in [0, 0.05) is 6.42 Å². The van der Waals surface area contributed by atoms with Crippen molar-refractivity contribution in [2.75, 3.05) is 0 Å². The van der Waals surface area contributed by atoms with Crippen LogP contribution in [0.5, 0.6) is 5.75 Å². The summed E-state index contributed by atoms with van der Waals surface area (Å²) in [6.07, 6.45) is 8.86. The van der Waals surface area contributed by atoms with Crippen molar-refractivity contribution in [2.24, 2.45) is 5.92 Å². The predicted molar refractivity (Wildman–Crippen MR) is 116 cm³/mol. The highest BCUT2D eigenvalue weighted by Gasteiger charge is 2.23. The van der Waals surface area contributed by atoms with Crippen molar-refractivity contribution >= 4 is 11.4 Å². The van der Waals surface area contributed by atoms with Crippen LogP contribution in [0.3, 0.4) is 0 Å². The van der Waals surface area contributed by atoms with E-state index in [2.05, 4.69) is 31.2 Å². The van der Waals surface area contributed by atoms with E-state index < -0.39 is 0 Å². The van der Waals surface area contributed by atoms with Crippen LogP contribution in [0.1, 0.15) is 75.0 Å². The Labute approximate surface area is 169 Å². The number of hydrogen-bond donors (Lipinski definition) is 1. The van der Waals surface area contributed by atoms with Gasteiger partial charge in [0.1, 0.15) is 11.5 Å². The molecule has 0 aromatic heterocycles. The van der Waals surface area contributed by atoms with Crippen LogP contribution in [0.25, 0.3) is 5.57 Å². The van der Waals surface area contributed by atoms with Crippen molar-refractivity contribution in [3.8, 4) is 5.75 Å². The molecule has 1 N–H and O–H groups in total. The van der Waals surface area contributed by atoms with Crippen molar-refractivity contribution < 1.29 is 9.90 Å². The van der Waals surface area contributed by atoms with E-state index in [1.54, 1.807) is 19.1 Å². The second-order valence-electron chi connectivity index (χ2n) is 8.20. The molecule has 0 atom stereocenters. The highest BCUT2D eigenvalue weighted by atomic mass is 16.3. The van der Waals surface area contributed by atoms with Crippen LogP contribution in [-0.2, 0) is 4.79 Å². The maximum Gasteiger partial charge on any atom is 0.129 e. The Balaban J connectivity index is 2.03. The molecular weight excluding hydrogens is 344 g/mol. The Morgan fingerprint density at radius 2 is 1.43 bits per heavy atom. The Kier molecular flexibility index (Phi) is 7.08. The lowest BCUT2D eigenvalue weighted by Gasteiger charge is -2.22. The van der Waals surface area contributed by atoms with Crippen LogP contribution in [0.2, 0.25) is 0 Å². The predicted octanol–water partition coefficient (Wildman–Crippen LogP) is 6.84. The Hall–Kier alpha value is -2.35. The van der Waals surface area contributed by atoms with Gasteiger partial charge in [-0.3, -0.25) is 0 Å². The Bertz CT molecular complexity index is 759. The van der Waals surface area contributed by atoms with E-state index in [9.17, 15) is 9.90 Å². The molecule has 28 heavy (non-hydrogen) atoms. The molecule has 1 aliphatic rings. The van der Waals surface area contributed by atoms with Crippen molar-refractivity contribution in [1.29, 1.82) is 0 Å². The van der Waals surface area contributed by atoms with Crippen molar-refractivity contribution in [3.63, 3.8) is 0 Å². The molecular formula is C26H32O2. The average molecular weight is 377 g/mol. The zero-order valence-electron chi connectivity index (χ0n) is 17.2. The normalized spacial score (nSPS) is 15.5. The molecule has 2 nitrogen and oxygen atoms in total. The number of unbranched alkanes of at least 4 members (excludes halogenated alkanes) is 1. The zero-order chi connectivity index (χ0) is 19.9. The summed E-state index contributed by atoms with van der Waals surface area (Å²) >= 11 is 0. The van der Waals surface area contributed by atoms with Gasteiger partial charge in [-0.15, -0.1) is 0 Å². The maximum absolute atomic E-state index is 11.3. The number of carbonyl (C=O) groups is 1. The molecule has 0 saturated heterocycles. The minimum Gasteiger partial charge on any atom is -0.508 e. The van der Waals surface area contributed by atoms with E-state index in [4.69, 9.17) is 0 Å². The number of phenolic OH excluding ortho intramolecular Hbond substituents is 1. The third-order valence-electron chi connectivity index (χ3n) is 5.89. The fourth-order valence-corrected chi connectivity index (χ4v) is 4.38. The summed E-state index contributed by atoms with van der Waals surface area (Å²) in [6, 6.07) is 16.4. The number of carbonyl (C=O) groups excluding carboxylic acids is 1. The second kappa shape index (κ2) is 9.73. The number of Topliss-reactive ketones (excluding diaryl/α,β-unsaturated/α-hetero) is 1. The Morgan fingerprint density at radius 3 is 2.00 bits per heavy atom.